The first kappa shape index (κ1) is 22.2. The minimum absolute atomic E-state index is 0.0429. The van der Waals surface area contributed by atoms with Crippen LogP contribution in [0.2, 0.25) is 0 Å². The van der Waals surface area contributed by atoms with Crippen molar-refractivity contribution in [1.82, 2.24) is 9.62 Å². The highest BCUT2D eigenvalue weighted by Crippen LogP contribution is 2.31. The Kier molecular flexibility index (Phi) is 7.42. The minimum atomic E-state index is -3.84. The summed E-state index contributed by atoms with van der Waals surface area (Å²) in [5.74, 6) is -1.04. The zero-order valence-corrected chi connectivity index (χ0v) is 17.5. The van der Waals surface area contributed by atoms with Gasteiger partial charge in [-0.05, 0) is 51.8 Å². The number of nitrogens with one attached hydrogen (secondary N) is 1. The molecular weight excluding hydrogens is 384 g/mol. The van der Waals surface area contributed by atoms with Crippen LogP contribution in [0.15, 0.2) is 23.1 Å². The van der Waals surface area contributed by atoms with Gasteiger partial charge < -0.3 is 14.8 Å². The fourth-order valence-electron chi connectivity index (χ4n) is 3.14. The van der Waals surface area contributed by atoms with Gasteiger partial charge in [-0.3, -0.25) is 4.79 Å². The number of piperidine rings is 1. The number of esters is 1. The van der Waals surface area contributed by atoms with Gasteiger partial charge in [-0.15, -0.1) is 0 Å². The monoisotopic (exact) mass is 412 g/mol. The van der Waals surface area contributed by atoms with E-state index in [1.165, 1.54) is 29.6 Å². The number of hydrogen-bond acceptors (Lipinski definition) is 6. The van der Waals surface area contributed by atoms with Crippen LogP contribution in [0.5, 0.6) is 5.75 Å². The quantitative estimate of drug-likeness (QED) is 0.687. The number of methoxy groups -OCH3 is 1. The molecule has 1 heterocycles. The lowest BCUT2D eigenvalue weighted by atomic mass is 10.1. The van der Waals surface area contributed by atoms with Gasteiger partial charge in [0, 0.05) is 18.6 Å². The molecule has 1 atom stereocenters. The van der Waals surface area contributed by atoms with Crippen molar-refractivity contribution in [2.75, 3.05) is 20.3 Å². The second-order valence-corrected chi connectivity index (χ2v) is 8.98. The van der Waals surface area contributed by atoms with Crippen LogP contribution < -0.4 is 10.1 Å². The zero-order chi connectivity index (χ0) is 20.9. The third-order valence-electron chi connectivity index (χ3n) is 4.51. The Morgan fingerprint density at radius 1 is 1.29 bits per heavy atom. The van der Waals surface area contributed by atoms with Gasteiger partial charge in [0.1, 0.15) is 10.6 Å². The maximum Gasteiger partial charge on any atom is 0.338 e. The van der Waals surface area contributed by atoms with E-state index in [9.17, 15) is 18.0 Å². The maximum atomic E-state index is 13.2. The molecule has 0 saturated carbocycles. The summed E-state index contributed by atoms with van der Waals surface area (Å²) >= 11 is 0. The topological polar surface area (TPSA) is 102 Å². The molecule has 1 saturated heterocycles. The van der Waals surface area contributed by atoms with Crippen LogP contribution in [0, 0.1) is 0 Å². The lowest BCUT2D eigenvalue weighted by molar-refractivity contribution is -0.124. The highest BCUT2D eigenvalue weighted by molar-refractivity contribution is 7.89. The number of carbonyl (C=O) groups is 2. The van der Waals surface area contributed by atoms with Crippen LogP contribution in [0.4, 0.5) is 0 Å². The van der Waals surface area contributed by atoms with E-state index in [0.717, 1.165) is 19.3 Å². The number of sulfonamides is 1. The predicted octanol–water partition coefficient (Wildman–Crippen LogP) is 1.94. The molecule has 1 aromatic carbocycles. The zero-order valence-electron chi connectivity index (χ0n) is 16.7. The van der Waals surface area contributed by atoms with Crippen LogP contribution >= 0.6 is 0 Å². The van der Waals surface area contributed by atoms with Crippen molar-refractivity contribution in [3.8, 4) is 5.75 Å². The molecule has 0 radical (unpaired) electrons. The van der Waals surface area contributed by atoms with Crippen LogP contribution in [0.1, 0.15) is 50.4 Å². The molecule has 156 valence electrons. The fraction of sp³-hybridized carbons (Fsp3) is 0.579. The van der Waals surface area contributed by atoms with Gasteiger partial charge in [0.2, 0.25) is 10.0 Å². The van der Waals surface area contributed by atoms with E-state index in [-0.39, 0.29) is 28.3 Å². The van der Waals surface area contributed by atoms with E-state index >= 15 is 0 Å². The maximum absolute atomic E-state index is 13.2. The molecule has 1 amide bonds. The molecule has 9 heteroatoms. The van der Waals surface area contributed by atoms with E-state index < -0.39 is 28.5 Å². The third kappa shape index (κ3) is 5.23. The molecule has 1 aliphatic rings. The van der Waals surface area contributed by atoms with Crippen molar-refractivity contribution in [1.29, 1.82) is 0 Å². The average molecular weight is 413 g/mol. The predicted molar refractivity (Wildman–Crippen MR) is 104 cm³/mol. The van der Waals surface area contributed by atoms with Crippen LogP contribution in [-0.4, -0.2) is 56.9 Å². The molecule has 0 bridgehead atoms. The largest absolute Gasteiger partial charge is 0.495 e. The number of ether oxygens (including phenoxy) is 2. The molecule has 8 nitrogen and oxygen atoms in total. The summed E-state index contributed by atoms with van der Waals surface area (Å²) in [4.78, 5) is 23.9. The summed E-state index contributed by atoms with van der Waals surface area (Å²) in [6, 6.07) is 3.89. The molecule has 2 rings (SSSR count). The van der Waals surface area contributed by atoms with E-state index in [1.807, 2.05) is 6.92 Å². The number of benzene rings is 1. The van der Waals surface area contributed by atoms with E-state index in [4.69, 9.17) is 9.47 Å². The second kappa shape index (κ2) is 9.38. The van der Waals surface area contributed by atoms with Crippen LogP contribution in [0.25, 0.3) is 0 Å². The number of hydrogen-bond donors (Lipinski definition) is 1. The SMILES string of the molecule is COc1ccc(C(=O)OCC(=O)NC(C)C)cc1S(=O)(=O)N1CCCCC1C. The lowest BCUT2D eigenvalue weighted by Crippen LogP contribution is -2.42. The molecule has 0 aromatic heterocycles. The highest BCUT2D eigenvalue weighted by atomic mass is 32.2. The van der Waals surface area contributed by atoms with E-state index in [0.29, 0.717) is 6.54 Å². The van der Waals surface area contributed by atoms with Crippen molar-refractivity contribution in [3.63, 3.8) is 0 Å². The highest BCUT2D eigenvalue weighted by Gasteiger charge is 2.33. The molecule has 0 spiro atoms. The molecule has 1 N–H and O–H groups in total. The molecule has 0 aliphatic carbocycles. The van der Waals surface area contributed by atoms with Gasteiger partial charge in [-0.25, -0.2) is 13.2 Å². The van der Waals surface area contributed by atoms with Crippen molar-refractivity contribution >= 4 is 21.9 Å². The summed E-state index contributed by atoms with van der Waals surface area (Å²) < 4.78 is 38.0. The Morgan fingerprint density at radius 2 is 2.00 bits per heavy atom. The minimum Gasteiger partial charge on any atom is -0.495 e. The average Bonchev–Trinajstić information content (AvgIpc) is 2.65. The molecule has 1 unspecified atom stereocenters. The lowest BCUT2D eigenvalue weighted by Gasteiger charge is -2.32. The normalized spacial score (nSPS) is 18.0. The molecule has 1 fully saturated rings. The smallest absolute Gasteiger partial charge is 0.338 e. The Morgan fingerprint density at radius 3 is 2.61 bits per heavy atom. The van der Waals surface area contributed by atoms with Crippen molar-refractivity contribution < 1.29 is 27.5 Å². The van der Waals surface area contributed by atoms with Gasteiger partial charge in [0.25, 0.3) is 5.91 Å². The second-order valence-electron chi connectivity index (χ2n) is 7.12. The number of carbonyl (C=O) groups excluding carboxylic acids is 2. The van der Waals surface area contributed by atoms with Gasteiger partial charge in [0.15, 0.2) is 6.61 Å². The summed E-state index contributed by atoms with van der Waals surface area (Å²) in [7, 11) is -2.46. The summed E-state index contributed by atoms with van der Waals surface area (Å²) in [6.45, 7) is 5.45. The Balaban J connectivity index is 2.25. The summed E-state index contributed by atoms with van der Waals surface area (Å²) in [5, 5.41) is 2.61. The van der Waals surface area contributed by atoms with Crippen molar-refractivity contribution in [2.45, 2.75) is 57.0 Å². The van der Waals surface area contributed by atoms with E-state index in [1.54, 1.807) is 13.8 Å². The van der Waals surface area contributed by atoms with Gasteiger partial charge in [0.05, 0.1) is 12.7 Å². The Bertz CT molecular complexity index is 822. The van der Waals surface area contributed by atoms with Gasteiger partial charge >= 0.3 is 5.97 Å². The first-order chi connectivity index (χ1) is 13.2. The van der Waals surface area contributed by atoms with E-state index in [2.05, 4.69) is 5.32 Å². The fourth-order valence-corrected chi connectivity index (χ4v) is 5.02. The van der Waals surface area contributed by atoms with Crippen LogP contribution in [0.3, 0.4) is 0 Å². The molecule has 1 aromatic rings. The van der Waals surface area contributed by atoms with Gasteiger partial charge in [-0.1, -0.05) is 6.42 Å². The number of nitrogens with zero attached hydrogens (tertiary/aromatic N) is 1. The van der Waals surface area contributed by atoms with Crippen LogP contribution in [-0.2, 0) is 19.6 Å². The van der Waals surface area contributed by atoms with Gasteiger partial charge in [-0.2, -0.15) is 4.31 Å². The molecule has 28 heavy (non-hydrogen) atoms. The number of rotatable bonds is 7. The first-order valence-electron chi connectivity index (χ1n) is 9.33. The van der Waals surface area contributed by atoms with Crippen molar-refractivity contribution in [3.05, 3.63) is 23.8 Å². The summed E-state index contributed by atoms with van der Waals surface area (Å²) in [5.41, 5.74) is 0.0429. The Labute approximate surface area is 166 Å². The molecular formula is C19H28N2O6S. The molecule has 1 aliphatic heterocycles. The third-order valence-corrected chi connectivity index (χ3v) is 6.55. The van der Waals surface area contributed by atoms with Crippen molar-refractivity contribution in [2.24, 2.45) is 0 Å². The standard InChI is InChI=1S/C19H28N2O6S/c1-13(2)20-18(22)12-27-19(23)15-8-9-16(26-4)17(11-15)28(24,25)21-10-6-5-7-14(21)3/h8-9,11,13-14H,5-7,10,12H2,1-4H3,(H,20,22). The summed E-state index contributed by atoms with van der Waals surface area (Å²) in [6.07, 6.45) is 2.56. The first-order valence-corrected chi connectivity index (χ1v) is 10.8. The Hall–Kier alpha value is -2.13. The number of amides is 1.